The van der Waals surface area contributed by atoms with Crippen molar-refractivity contribution in [3.05, 3.63) is 24.0 Å². The number of carbonyl (C=O) groups excluding carboxylic acids is 1. The molecule has 0 saturated heterocycles. The second-order valence-corrected chi connectivity index (χ2v) is 5.01. The van der Waals surface area contributed by atoms with Gasteiger partial charge in [-0.3, -0.25) is 9.78 Å². The maximum Gasteiger partial charge on any atom is 0.314 e. The normalized spacial score (nSPS) is 24.4. The quantitative estimate of drug-likeness (QED) is 0.737. The van der Waals surface area contributed by atoms with E-state index < -0.39 is 0 Å². The summed E-state index contributed by atoms with van der Waals surface area (Å²) in [4.78, 5) is 16.0. The third-order valence-electron chi connectivity index (χ3n) is 3.45. The number of rotatable bonds is 2. The van der Waals surface area contributed by atoms with E-state index in [0.29, 0.717) is 5.75 Å². The zero-order chi connectivity index (χ0) is 12.3. The number of ether oxygens (including phenoxy) is 1. The summed E-state index contributed by atoms with van der Waals surface area (Å²) in [5, 5.41) is 0. The minimum atomic E-state index is -0.0949. The predicted molar refractivity (Wildman–Crippen MR) is 65.7 cm³/mol. The molecule has 0 bridgehead atoms. The Morgan fingerprint density at radius 3 is 2.59 bits per heavy atom. The zero-order valence-corrected chi connectivity index (χ0v) is 10.5. The third-order valence-corrected chi connectivity index (χ3v) is 3.45. The average molecular weight is 233 g/mol. The van der Waals surface area contributed by atoms with E-state index in [2.05, 4.69) is 11.9 Å². The highest BCUT2D eigenvalue weighted by Crippen LogP contribution is 2.29. The first-order valence-electron chi connectivity index (χ1n) is 6.29. The Kier molecular flexibility index (Phi) is 3.77. The van der Waals surface area contributed by atoms with Crippen molar-refractivity contribution >= 4 is 5.97 Å². The highest BCUT2D eigenvalue weighted by atomic mass is 16.5. The molecule has 0 spiro atoms. The average Bonchev–Trinajstić information content (AvgIpc) is 2.33. The number of esters is 1. The van der Waals surface area contributed by atoms with Crippen molar-refractivity contribution in [1.29, 1.82) is 0 Å². The first kappa shape index (κ1) is 12.1. The van der Waals surface area contributed by atoms with Gasteiger partial charge in [-0.15, -0.1) is 0 Å². The van der Waals surface area contributed by atoms with Crippen LogP contribution < -0.4 is 4.74 Å². The largest absolute Gasteiger partial charge is 0.425 e. The molecule has 2 rings (SSSR count). The molecule has 0 amide bonds. The number of pyridine rings is 1. The maximum atomic E-state index is 11.9. The van der Waals surface area contributed by atoms with E-state index in [4.69, 9.17) is 4.74 Å². The molecule has 1 saturated carbocycles. The molecule has 1 fully saturated rings. The Labute approximate surface area is 102 Å². The maximum absolute atomic E-state index is 11.9. The van der Waals surface area contributed by atoms with Gasteiger partial charge < -0.3 is 4.74 Å². The molecule has 0 radical (unpaired) electrons. The molecule has 0 aromatic carbocycles. The van der Waals surface area contributed by atoms with Crippen molar-refractivity contribution in [2.45, 2.75) is 39.5 Å². The molecule has 1 aromatic heterocycles. The topological polar surface area (TPSA) is 39.2 Å². The van der Waals surface area contributed by atoms with Crippen LogP contribution in [0.1, 0.15) is 38.3 Å². The minimum absolute atomic E-state index is 0.0764. The van der Waals surface area contributed by atoms with E-state index in [1.807, 2.05) is 13.0 Å². The second-order valence-electron chi connectivity index (χ2n) is 5.01. The highest BCUT2D eigenvalue weighted by molar-refractivity contribution is 5.75. The van der Waals surface area contributed by atoms with Crippen molar-refractivity contribution < 1.29 is 9.53 Å². The summed E-state index contributed by atoms with van der Waals surface area (Å²) in [5.41, 5.74) is 0.927. The van der Waals surface area contributed by atoms with Gasteiger partial charge in [0.1, 0.15) is 5.75 Å². The first-order chi connectivity index (χ1) is 8.15. The molecule has 0 N–H and O–H groups in total. The van der Waals surface area contributed by atoms with Crippen molar-refractivity contribution in [2.24, 2.45) is 11.8 Å². The lowest BCUT2D eigenvalue weighted by atomic mass is 9.83. The minimum Gasteiger partial charge on any atom is -0.425 e. The fourth-order valence-electron chi connectivity index (χ4n) is 2.21. The second kappa shape index (κ2) is 5.30. The van der Waals surface area contributed by atoms with E-state index in [-0.39, 0.29) is 11.9 Å². The van der Waals surface area contributed by atoms with Gasteiger partial charge in [0.25, 0.3) is 0 Å². The Morgan fingerprint density at radius 1 is 1.29 bits per heavy atom. The molecule has 0 atom stereocenters. The Bertz CT molecular complexity index is 378. The number of aryl methyl sites for hydroxylation is 1. The van der Waals surface area contributed by atoms with Crippen LogP contribution in [0.3, 0.4) is 0 Å². The van der Waals surface area contributed by atoms with Crippen LogP contribution in [-0.2, 0) is 4.79 Å². The van der Waals surface area contributed by atoms with Gasteiger partial charge in [-0.1, -0.05) is 6.92 Å². The lowest BCUT2D eigenvalue weighted by molar-refractivity contribution is -0.140. The standard InChI is InChI=1S/C14H19NO2/c1-10-3-6-12(7-4-10)14(16)17-13-8-5-11(2)15-9-13/h5,8-10,12H,3-4,6-7H2,1-2H3. The SMILES string of the molecule is Cc1ccc(OC(=O)C2CCC(C)CC2)cn1. The van der Waals surface area contributed by atoms with E-state index in [9.17, 15) is 4.79 Å². The highest BCUT2D eigenvalue weighted by Gasteiger charge is 2.25. The lowest BCUT2D eigenvalue weighted by Gasteiger charge is -2.24. The van der Waals surface area contributed by atoms with E-state index in [0.717, 1.165) is 37.3 Å². The first-order valence-corrected chi connectivity index (χ1v) is 6.29. The summed E-state index contributed by atoms with van der Waals surface area (Å²) in [7, 11) is 0. The van der Waals surface area contributed by atoms with Crippen LogP contribution in [0, 0.1) is 18.8 Å². The fourth-order valence-corrected chi connectivity index (χ4v) is 2.21. The molecule has 1 aliphatic carbocycles. The number of hydrogen-bond donors (Lipinski definition) is 0. The van der Waals surface area contributed by atoms with E-state index in [1.165, 1.54) is 0 Å². The van der Waals surface area contributed by atoms with Gasteiger partial charge in [-0.05, 0) is 50.7 Å². The van der Waals surface area contributed by atoms with Gasteiger partial charge in [0.2, 0.25) is 0 Å². The number of hydrogen-bond acceptors (Lipinski definition) is 3. The Balaban J connectivity index is 1.90. The van der Waals surface area contributed by atoms with Crippen LogP contribution in [-0.4, -0.2) is 11.0 Å². The van der Waals surface area contributed by atoms with Crippen molar-refractivity contribution in [3.63, 3.8) is 0 Å². The van der Waals surface area contributed by atoms with Gasteiger partial charge >= 0.3 is 5.97 Å². The van der Waals surface area contributed by atoms with Gasteiger partial charge in [0, 0.05) is 5.69 Å². The molecule has 3 heteroatoms. The van der Waals surface area contributed by atoms with Gasteiger partial charge in [-0.25, -0.2) is 0 Å². The molecule has 92 valence electrons. The van der Waals surface area contributed by atoms with Crippen LogP contribution in [0.5, 0.6) is 5.75 Å². The van der Waals surface area contributed by atoms with Crippen LogP contribution in [0.4, 0.5) is 0 Å². The molecule has 0 aliphatic heterocycles. The molecular weight excluding hydrogens is 214 g/mol. The lowest BCUT2D eigenvalue weighted by Crippen LogP contribution is -2.25. The summed E-state index contributed by atoms with van der Waals surface area (Å²) in [6, 6.07) is 3.65. The summed E-state index contributed by atoms with van der Waals surface area (Å²) < 4.78 is 5.34. The summed E-state index contributed by atoms with van der Waals surface area (Å²) in [6.07, 6.45) is 5.79. The van der Waals surface area contributed by atoms with Crippen molar-refractivity contribution in [1.82, 2.24) is 4.98 Å². The van der Waals surface area contributed by atoms with Gasteiger partial charge in [-0.2, -0.15) is 0 Å². The number of carbonyl (C=O) groups is 1. The molecule has 1 aliphatic rings. The van der Waals surface area contributed by atoms with Crippen LogP contribution in [0.2, 0.25) is 0 Å². The van der Waals surface area contributed by atoms with Crippen molar-refractivity contribution in [3.8, 4) is 5.75 Å². The zero-order valence-electron chi connectivity index (χ0n) is 10.5. The summed E-state index contributed by atoms with van der Waals surface area (Å²) >= 11 is 0. The number of aromatic nitrogens is 1. The molecule has 0 unspecified atom stereocenters. The molecular formula is C14H19NO2. The van der Waals surface area contributed by atoms with E-state index in [1.54, 1.807) is 12.3 Å². The monoisotopic (exact) mass is 233 g/mol. The molecule has 17 heavy (non-hydrogen) atoms. The Hall–Kier alpha value is -1.38. The predicted octanol–water partition coefficient (Wildman–Crippen LogP) is 3.12. The van der Waals surface area contributed by atoms with Crippen LogP contribution in [0.15, 0.2) is 18.3 Å². The molecule has 1 heterocycles. The Morgan fingerprint density at radius 2 is 2.00 bits per heavy atom. The van der Waals surface area contributed by atoms with Crippen LogP contribution >= 0.6 is 0 Å². The smallest absolute Gasteiger partial charge is 0.314 e. The molecule has 1 aromatic rings. The third kappa shape index (κ3) is 3.29. The summed E-state index contributed by atoms with van der Waals surface area (Å²) in [5.74, 6) is 1.29. The van der Waals surface area contributed by atoms with Gasteiger partial charge in [0.15, 0.2) is 0 Å². The van der Waals surface area contributed by atoms with Gasteiger partial charge in [0.05, 0.1) is 12.1 Å². The molecule has 3 nitrogen and oxygen atoms in total. The van der Waals surface area contributed by atoms with Crippen molar-refractivity contribution in [2.75, 3.05) is 0 Å². The number of nitrogens with zero attached hydrogens (tertiary/aromatic N) is 1. The van der Waals surface area contributed by atoms with E-state index >= 15 is 0 Å². The summed E-state index contributed by atoms with van der Waals surface area (Å²) in [6.45, 7) is 4.15. The fraction of sp³-hybridized carbons (Fsp3) is 0.571. The van der Waals surface area contributed by atoms with Crippen LogP contribution in [0.25, 0.3) is 0 Å².